The molecule has 43 heavy (non-hydrogen) atoms. The fourth-order valence-corrected chi connectivity index (χ4v) is 5.30. The van der Waals surface area contributed by atoms with Crippen LogP contribution in [0.2, 0.25) is 5.02 Å². The van der Waals surface area contributed by atoms with Crippen LogP contribution in [0.15, 0.2) is 66.0 Å². The molecule has 1 amide bonds. The van der Waals surface area contributed by atoms with E-state index in [4.69, 9.17) is 11.6 Å². The number of pyridine rings is 1. The molecular weight excluding hydrogens is 587 g/mol. The fourth-order valence-electron chi connectivity index (χ4n) is 5.13. The van der Waals surface area contributed by atoms with Crippen LogP contribution in [0.5, 0.6) is 0 Å². The standard InChI is InChI=1S/C28H23ClF3N9O2/c1-39-27-16-8-9-33-20(10-16)23(4-2-3-5-25(42)36-21(27)14-34-39)41-26(43)11-17(13-35-41)19-12-18(29)6-7-22(19)40-15-24(37-38-40)28(30,31)32/h6-15,23H,2-5H2,1H3,(H,36,42)/t23-/m0/s1. The number of benzene rings is 1. The molecule has 1 aliphatic heterocycles. The second-order valence-electron chi connectivity index (χ2n) is 10.0. The molecule has 2 bridgehead atoms. The summed E-state index contributed by atoms with van der Waals surface area (Å²) in [7, 11) is 1.77. The molecule has 0 radical (unpaired) electrons. The van der Waals surface area contributed by atoms with Gasteiger partial charge in [0.25, 0.3) is 5.56 Å². The Morgan fingerprint density at radius 2 is 1.86 bits per heavy atom. The van der Waals surface area contributed by atoms with E-state index in [9.17, 15) is 22.8 Å². The highest BCUT2D eigenvalue weighted by atomic mass is 35.5. The number of rotatable bonds is 3. The second-order valence-corrected chi connectivity index (χ2v) is 10.5. The number of fused-ring (bicyclic) bond motifs is 4. The van der Waals surface area contributed by atoms with E-state index in [1.807, 2.05) is 6.07 Å². The number of anilines is 1. The Bertz CT molecular complexity index is 1900. The van der Waals surface area contributed by atoms with E-state index in [-0.39, 0.29) is 11.6 Å². The molecule has 4 aromatic heterocycles. The van der Waals surface area contributed by atoms with Gasteiger partial charge in [-0.1, -0.05) is 23.2 Å². The Morgan fingerprint density at radius 1 is 1.02 bits per heavy atom. The Balaban J connectivity index is 1.41. The van der Waals surface area contributed by atoms with Gasteiger partial charge in [-0.2, -0.15) is 23.4 Å². The first-order chi connectivity index (χ1) is 20.6. The van der Waals surface area contributed by atoms with Crippen LogP contribution in [0, 0.1) is 0 Å². The summed E-state index contributed by atoms with van der Waals surface area (Å²) >= 11 is 6.23. The number of hydrogen-bond acceptors (Lipinski definition) is 7. The normalized spacial score (nSPS) is 15.7. The Kier molecular flexibility index (Phi) is 7.30. The lowest BCUT2D eigenvalue weighted by Gasteiger charge is -2.20. The van der Waals surface area contributed by atoms with Crippen molar-refractivity contribution in [3.63, 3.8) is 0 Å². The van der Waals surface area contributed by atoms with Crippen LogP contribution in [-0.2, 0) is 18.0 Å². The number of aryl methyl sites for hydroxylation is 1. The van der Waals surface area contributed by atoms with Gasteiger partial charge in [0.2, 0.25) is 5.91 Å². The van der Waals surface area contributed by atoms with Crippen LogP contribution in [0.4, 0.5) is 18.9 Å². The van der Waals surface area contributed by atoms with Crippen molar-refractivity contribution < 1.29 is 18.0 Å². The summed E-state index contributed by atoms with van der Waals surface area (Å²) in [6, 6.07) is 8.95. The fraction of sp³-hybridized carbons (Fsp3) is 0.250. The lowest BCUT2D eigenvalue weighted by molar-refractivity contribution is -0.141. The first kappa shape index (κ1) is 28.3. The highest BCUT2D eigenvalue weighted by molar-refractivity contribution is 6.31. The summed E-state index contributed by atoms with van der Waals surface area (Å²) < 4.78 is 43.5. The van der Waals surface area contributed by atoms with E-state index in [1.54, 1.807) is 30.2 Å². The summed E-state index contributed by atoms with van der Waals surface area (Å²) in [5.74, 6) is -0.132. The number of carbonyl (C=O) groups excluding carboxylic acids is 1. The molecule has 0 saturated heterocycles. The molecule has 5 aromatic rings. The topological polar surface area (TPSA) is 125 Å². The van der Waals surface area contributed by atoms with Gasteiger partial charge >= 0.3 is 6.18 Å². The molecule has 0 spiro atoms. The number of aromatic nitrogens is 8. The number of nitrogens with zero attached hydrogens (tertiary/aromatic N) is 8. The number of carbonyl (C=O) groups is 1. The SMILES string of the molecule is Cn1ncc2c1-c1ccnc(c1)[C@@H](n1ncc(-c3cc(Cl)ccc3-n3cc(C(F)(F)F)nn3)cc1=O)CCCCC(=O)N2. The van der Waals surface area contributed by atoms with E-state index in [0.29, 0.717) is 58.9 Å². The van der Waals surface area contributed by atoms with Gasteiger partial charge in [-0.05, 0) is 43.2 Å². The molecule has 0 unspecified atom stereocenters. The average Bonchev–Trinajstić information content (AvgIpc) is 3.60. The van der Waals surface area contributed by atoms with E-state index in [1.165, 1.54) is 35.1 Å². The first-order valence-electron chi connectivity index (χ1n) is 13.3. The minimum Gasteiger partial charge on any atom is -0.323 e. The third-order valence-corrected chi connectivity index (χ3v) is 7.40. The Morgan fingerprint density at radius 3 is 2.63 bits per heavy atom. The van der Waals surface area contributed by atoms with E-state index < -0.39 is 23.5 Å². The van der Waals surface area contributed by atoms with Gasteiger partial charge in [-0.15, -0.1) is 5.10 Å². The summed E-state index contributed by atoms with van der Waals surface area (Å²) in [4.78, 5) is 30.7. The smallest absolute Gasteiger partial charge is 0.323 e. The minimum atomic E-state index is -4.67. The molecule has 220 valence electrons. The summed E-state index contributed by atoms with van der Waals surface area (Å²) in [5, 5.41) is 18.9. The van der Waals surface area contributed by atoms with Gasteiger partial charge in [0.05, 0.1) is 47.4 Å². The van der Waals surface area contributed by atoms with E-state index >= 15 is 0 Å². The van der Waals surface area contributed by atoms with Gasteiger partial charge in [-0.3, -0.25) is 19.3 Å². The van der Waals surface area contributed by atoms with Crippen molar-refractivity contribution in [1.29, 1.82) is 0 Å². The van der Waals surface area contributed by atoms with Crippen molar-refractivity contribution in [2.24, 2.45) is 7.05 Å². The molecule has 6 rings (SSSR count). The molecular formula is C28H23ClF3N9O2. The molecule has 15 heteroatoms. The third-order valence-electron chi connectivity index (χ3n) is 7.16. The van der Waals surface area contributed by atoms with Crippen molar-refractivity contribution in [1.82, 2.24) is 39.5 Å². The van der Waals surface area contributed by atoms with Crippen molar-refractivity contribution >= 4 is 23.2 Å². The molecule has 11 nitrogen and oxygen atoms in total. The van der Waals surface area contributed by atoms with Gasteiger partial charge in [0.1, 0.15) is 0 Å². The van der Waals surface area contributed by atoms with Gasteiger partial charge in [0.15, 0.2) is 5.69 Å². The van der Waals surface area contributed by atoms with E-state index in [0.717, 1.165) is 16.4 Å². The summed E-state index contributed by atoms with van der Waals surface area (Å²) in [6.07, 6.45) is 2.73. The summed E-state index contributed by atoms with van der Waals surface area (Å²) in [6.45, 7) is 0. The zero-order chi connectivity index (χ0) is 30.3. The molecule has 1 atom stereocenters. The van der Waals surface area contributed by atoms with Crippen LogP contribution in [-0.4, -0.2) is 45.4 Å². The van der Waals surface area contributed by atoms with Crippen molar-refractivity contribution in [3.05, 3.63) is 87.9 Å². The molecule has 1 aromatic carbocycles. The highest BCUT2D eigenvalue weighted by Crippen LogP contribution is 2.33. The maximum Gasteiger partial charge on any atom is 0.436 e. The van der Waals surface area contributed by atoms with Crippen LogP contribution in [0.1, 0.15) is 43.1 Å². The number of nitrogens with one attached hydrogen (secondary N) is 1. The van der Waals surface area contributed by atoms with Crippen LogP contribution >= 0.6 is 11.6 Å². The Hall–Kier alpha value is -4.85. The molecule has 5 heterocycles. The van der Waals surface area contributed by atoms with Gasteiger partial charge < -0.3 is 5.32 Å². The lowest BCUT2D eigenvalue weighted by atomic mass is 10.0. The number of alkyl halides is 3. The average molecular weight is 610 g/mol. The quantitative estimate of drug-likeness (QED) is 0.303. The minimum absolute atomic E-state index is 0.132. The van der Waals surface area contributed by atoms with Gasteiger partial charge in [0, 0.05) is 47.4 Å². The summed E-state index contributed by atoms with van der Waals surface area (Å²) in [5.41, 5.74) is 1.92. The van der Waals surface area contributed by atoms with Crippen molar-refractivity contribution in [2.45, 2.75) is 37.9 Å². The maximum absolute atomic E-state index is 13.6. The molecule has 0 saturated carbocycles. The predicted molar refractivity (Wildman–Crippen MR) is 151 cm³/mol. The zero-order valence-corrected chi connectivity index (χ0v) is 23.3. The number of halogens is 4. The van der Waals surface area contributed by atoms with Crippen LogP contribution < -0.4 is 10.9 Å². The predicted octanol–water partition coefficient (Wildman–Crippen LogP) is 5.06. The zero-order valence-electron chi connectivity index (χ0n) is 22.6. The lowest BCUT2D eigenvalue weighted by Crippen LogP contribution is -2.28. The molecule has 1 aliphatic rings. The maximum atomic E-state index is 13.6. The second kappa shape index (κ2) is 11.1. The Labute approximate surface area is 246 Å². The first-order valence-corrected chi connectivity index (χ1v) is 13.6. The third kappa shape index (κ3) is 5.65. The number of amides is 1. The van der Waals surface area contributed by atoms with Crippen molar-refractivity contribution in [3.8, 4) is 28.1 Å². The monoisotopic (exact) mass is 609 g/mol. The van der Waals surface area contributed by atoms with Gasteiger partial charge in [-0.25, -0.2) is 9.36 Å². The molecule has 1 N–H and O–H groups in total. The molecule has 0 aliphatic carbocycles. The van der Waals surface area contributed by atoms with E-state index in [2.05, 4.69) is 30.8 Å². The van der Waals surface area contributed by atoms with Crippen molar-refractivity contribution in [2.75, 3.05) is 5.32 Å². The van der Waals surface area contributed by atoms with Crippen LogP contribution in [0.25, 0.3) is 28.1 Å². The largest absolute Gasteiger partial charge is 0.436 e. The highest BCUT2D eigenvalue weighted by Gasteiger charge is 2.35. The molecule has 0 fully saturated rings. The van der Waals surface area contributed by atoms with Crippen LogP contribution in [0.3, 0.4) is 0 Å². The number of hydrogen-bond donors (Lipinski definition) is 1.